The van der Waals surface area contributed by atoms with Crippen LogP contribution in [-0.4, -0.2) is 17.5 Å². The third kappa shape index (κ3) is 4.19. The number of nitrogens with zero attached hydrogens (tertiary/aromatic N) is 1. The Hall–Kier alpha value is -2.66. The Morgan fingerprint density at radius 3 is 2.30 bits per heavy atom. The van der Waals surface area contributed by atoms with Crippen LogP contribution < -0.4 is 10.1 Å². The zero-order valence-electron chi connectivity index (χ0n) is 16.3. The van der Waals surface area contributed by atoms with Crippen LogP contribution in [0, 0.1) is 27.7 Å². The molecule has 0 aliphatic rings. The first-order chi connectivity index (χ1) is 12.9. The van der Waals surface area contributed by atoms with Gasteiger partial charge in [-0.25, -0.2) is 4.98 Å². The van der Waals surface area contributed by atoms with Crippen molar-refractivity contribution < 1.29 is 9.53 Å². The summed E-state index contributed by atoms with van der Waals surface area (Å²) in [6.07, 6.45) is 0. The molecule has 3 aromatic rings. The van der Waals surface area contributed by atoms with E-state index in [4.69, 9.17) is 4.74 Å². The summed E-state index contributed by atoms with van der Waals surface area (Å²) in [7, 11) is 0. The first-order valence-electron chi connectivity index (χ1n) is 8.99. The molecule has 0 spiro atoms. The molecule has 140 valence electrons. The Kier molecular flexibility index (Phi) is 5.61. The molecular weight excluding hydrogens is 356 g/mol. The van der Waals surface area contributed by atoms with E-state index in [1.807, 2.05) is 71.0 Å². The highest BCUT2D eigenvalue weighted by Crippen LogP contribution is 2.32. The molecule has 1 amide bonds. The number of benzene rings is 2. The number of carbonyl (C=O) groups is 1. The number of nitrogens with one attached hydrogen (secondary N) is 1. The van der Waals surface area contributed by atoms with Crippen LogP contribution in [0.25, 0.3) is 11.3 Å². The van der Waals surface area contributed by atoms with Gasteiger partial charge in [0.05, 0.1) is 12.3 Å². The Balaban J connectivity index is 1.83. The van der Waals surface area contributed by atoms with Crippen molar-refractivity contribution in [3.63, 3.8) is 0 Å². The Bertz CT molecular complexity index is 951. The highest BCUT2D eigenvalue weighted by molar-refractivity contribution is 7.16. The molecule has 0 atom stereocenters. The lowest BCUT2D eigenvalue weighted by atomic mass is 9.99. The lowest BCUT2D eigenvalue weighted by molar-refractivity contribution is 0.102. The van der Waals surface area contributed by atoms with Gasteiger partial charge in [-0.05, 0) is 70.0 Å². The van der Waals surface area contributed by atoms with Gasteiger partial charge >= 0.3 is 0 Å². The number of ether oxygens (including phenoxy) is 1. The van der Waals surface area contributed by atoms with E-state index in [0.29, 0.717) is 11.7 Å². The van der Waals surface area contributed by atoms with E-state index in [2.05, 4.69) is 10.3 Å². The monoisotopic (exact) mass is 380 g/mol. The van der Waals surface area contributed by atoms with Gasteiger partial charge in [-0.15, -0.1) is 11.3 Å². The molecule has 1 aromatic heterocycles. The van der Waals surface area contributed by atoms with Crippen molar-refractivity contribution in [2.45, 2.75) is 34.6 Å². The second kappa shape index (κ2) is 7.92. The Morgan fingerprint density at radius 2 is 1.70 bits per heavy atom. The van der Waals surface area contributed by atoms with Gasteiger partial charge in [-0.1, -0.05) is 17.7 Å². The molecule has 0 radical (unpaired) electrons. The van der Waals surface area contributed by atoms with E-state index < -0.39 is 0 Å². The highest BCUT2D eigenvalue weighted by atomic mass is 32.1. The van der Waals surface area contributed by atoms with Crippen LogP contribution in [0.5, 0.6) is 5.75 Å². The maximum atomic E-state index is 12.8. The average molecular weight is 381 g/mol. The third-order valence-corrected chi connectivity index (χ3v) is 5.25. The minimum Gasteiger partial charge on any atom is -0.494 e. The predicted octanol–water partition coefficient (Wildman–Crippen LogP) is 5.69. The molecule has 1 heterocycles. The van der Waals surface area contributed by atoms with Gasteiger partial charge in [-0.3, -0.25) is 10.1 Å². The van der Waals surface area contributed by atoms with Crippen LogP contribution in [0.3, 0.4) is 0 Å². The molecule has 0 unspecified atom stereocenters. The summed E-state index contributed by atoms with van der Waals surface area (Å²) < 4.78 is 5.49. The molecule has 1 N–H and O–H groups in total. The average Bonchev–Trinajstić information content (AvgIpc) is 2.95. The van der Waals surface area contributed by atoms with E-state index in [1.54, 1.807) is 0 Å². The van der Waals surface area contributed by atoms with E-state index in [-0.39, 0.29) is 5.91 Å². The molecule has 0 aliphatic heterocycles. The van der Waals surface area contributed by atoms with Crippen molar-refractivity contribution in [3.8, 4) is 17.0 Å². The summed E-state index contributed by atoms with van der Waals surface area (Å²) in [5, 5.41) is 3.58. The van der Waals surface area contributed by atoms with Crippen LogP contribution in [0.2, 0.25) is 0 Å². The number of rotatable bonds is 5. The number of anilines is 1. The van der Waals surface area contributed by atoms with E-state index >= 15 is 0 Å². The number of hydrogen-bond donors (Lipinski definition) is 1. The molecule has 3 rings (SSSR count). The largest absolute Gasteiger partial charge is 0.494 e. The van der Waals surface area contributed by atoms with Crippen LogP contribution in [0.4, 0.5) is 5.13 Å². The quantitative estimate of drug-likeness (QED) is 0.618. The Labute approximate surface area is 164 Å². The summed E-state index contributed by atoms with van der Waals surface area (Å²) in [4.78, 5) is 18.5. The van der Waals surface area contributed by atoms with Crippen LogP contribution in [-0.2, 0) is 0 Å². The summed E-state index contributed by atoms with van der Waals surface area (Å²) in [6, 6.07) is 11.9. The van der Waals surface area contributed by atoms with Crippen molar-refractivity contribution in [1.29, 1.82) is 0 Å². The van der Waals surface area contributed by atoms with Gasteiger partial charge in [0.15, 0.2) is 5.13 Å². The molecule has 0 bridgehead atoms. The van der Waals surface area contributed by atoms with Crippen molar-refractivity contribution in [2.75, 3.05) is 11.9 Å². The van der Waals surface area contributed by atoms with E-state index in [9.17, 15) is 4.79 Å². The fourth-order valence-corrected chi connectivity index (χ4v) is 4.12. The molecule has 2 aromatic carbocycles. The number of amides is 1. The minimum atomic E-state index is -0.114. The molecule has 4 nitrogen and oxygen atoms in total. The minimum absolute atomic E-state index is 0.114. The molecule has 0 saturated heterocycles. The number of carbonyl (C=O) groups excluding carboxylic acids is 1. The van der Waals surface area contributed by atoms with Gasteiger partial charge in [0.2, 0.25) is 0 Å². The van der Waals surface area contributed by atoms with E-state index in [1.165, 1.54) is 11.3 Å². The highest BCUT2D eigenvalue weighted by Gasteiger charge is 2.16. The summed E-state index contributed by atoms with van der Waals surface area (Å²) >= 11 is 1.49. The summed E-state index contributed by atoms with van der Waals surface area (Å²) in [5.74, 6) is 0.727. The maximum Gasteiger partial charge on any atom is 0.257 e. The molecule has 5 heteroatoms. The van der Waals surface area contributed by atoms with Gasteiger partial charge in [0.1, 0.15) is 5.75 Å². The lowest BCUT2D eigenvalue weighted by Gasteiger charge is -2.10. The first-order valence-corrected chi connectivity index (χ1v) is 9.80. The fourth-order valence-electron chi connectivity index (χ4n) is 3.29. The molecule has 0 fully saturated rings. The van der Waals surface area contributed by atoms with Crippen molar-refractivity contribution >= 4 is 22.4 Å². The van der Waals surface area contributed by atoms with E-state index in [0.717, 1.165) is 44.1 Å². The SMILES string of the molecule is CCOc1ccc(-c2nc(NC(=O)c3c(C)cc(C)cc3C)sc2C)cc1. The van der Waals surface area contributed by atoms with Gasteiger partial charge in [0, 0.05) is 16.0 Å². The van der Waals surface area contributed by atoms with Crippen molar-refractivity contribution in [3.05, 3.63) is 63.5 Å². The second-order valence-electron chi connectivity index (χ2n) is 6.61. The van der Waals surface area contributed by atoms with Gasteiger partial charge in [0.25, 0.3) is 5.91 Å². The maximum absolute atomic E-state index is 12.8. The topological polar surface area (TPSA) is 51.2 Å². The normalized spacial score (nSPS) is 10.7. The molecule has 27 heavy (non-hydrogen) atoms. The second-order valence-corrected chi connectivity index (χ2v) is 7.81. The zero-order chi connectivity index (χ0) is 19.6. The summed E-state index contributed by atoms with van der Waals surface area (Å²) in [5.41, 5.74) is 5.72. The Morgan fingerprint density at radius 1 is 1.07 bits per heavy atom. The number of aromatic nitrogens is 1. The smallest absolute Gasteiger partial charge is 0.257 e. The van der Waals surface area contributed by atoms with Crippen LogP contribution >= 0.6 is 11.3 Å². The number of hydrogen-bond acceptors (Lipinski definition) is 4. The lowest BCUT2D eigenvalue weighted by Crippen LogP contribution is -2.15. The first kappa shape index (κ1) is 19.1. The molecule has 0 saturated carbocycles. The molecular formula is C22H24N2O2S. The standard InChI is InChI=1S/C22H24N2O2S/c1-6-26-18-9-7-17(8-10-18)20-16(5)27-22(23-20)24-21(25)19-14(3)11-13(2)12-15(19)4/h7-12H,6H2,1-5H3,(H,23,24,25). The molecule has 0 aliphatic carbocycles. The van der Waals surface area contributed by atoms with Gasteiger partial charge in [-0.2, -0.15) is 0 Å². The number of thiazole rings is 1. The predicted molar refractivity (Wildman–Crippen MR) is 112 cm³/mol. The van der Waals surface area contributed by atoms with Gasteiger partial charge < -0.3 is 4.74 Å². The number of aryl methyl sites for hydroxylation is 4. The van der Waals surface area contributed by atoms with Crippen LogP contribution in [0.15, 0.2) is 36.4 Å². The van der Waals surface area contributed by atoms with Crippen molar-refractivity contribution in [1.82, 2.24) is 4.98 Å². The third-order valence-electron chi connectivity index (χ3n) is 4.36. The van der Waals surface area contributed by atoms with Crippen molar-refractivity contribution in [2.24, 2.45) is 0 Å². The summed E-state index contributed by atoms with van der Waals surface area (Å²) in [6.45, 7) is 10.6. The fraction of sp³-hybridized carbons (Fsp3) is 0.273. The zero-order valence-corrected chi connectivity index (χ0v) is 17.2. The van der Waals surface area contributed by atoms with Crippen LogP contribution in [0.1, 0.15) is 38.8 Å².